The molecular weight excluding hydrogens is 218 g/mol. The van der Waals surface area contributed by atoms with E-state index in [-0.39, 0.29) is 18.9 Å². The molecule has 4 nitrogen and oxygen atoms in total. The van der Waals surface area contributed by atoms with Crippen LogP contribution in [0.3, 0.4) is 0 Å². The molecule has 0 aromatic rings. The standard InChI is InChI=1S/C13H29NO3/c1-4-6-10-16-13(17-11-7-5-2)12(3)14-8-9-15/h12-15H,4-11H2,1-3H3. The summed E-state index contributed by atoms with van der Waals surface area (Å²) in [5.74, 6) is 0. The van der Waals surface area contributed by atoms with Crippen molar-refractivity contribution in [1.82, 2.24) is 5.32 Å². The second-order valence-corrected chi connectivity index (χ2v) is 4.28. The number of rotatable bonds is 12. The van der Waals surface area contributed by atoms with Crippen molar-refractivity contribution in [3.05, 3.63) is 0 Å². The van der Waals surface area contributed by atoms with E-state index in [0.717, 1.165) is 38.9 Å². The largest absolute Gasteiger partial charge is 0.395 e. The highest BCUT2D eigenvalue weighted by Crippen LogP contribution is 2.05. The number of hydrogen-bond acceptors (Lipinski definition) is 4. The van der Waals surface area contributed by atoms with Gasteiger partial charge in [0.05, 0.1) is 12.6 Å². The third-order valence-electron chi connectivity index (χ3n) is 2.55. The normalized spacial score (nSPS) is 13.2. The fourth-order valence-corrected chi connectivity index (χ4v) is 1.41. The minimum Gasteiger partial charge on any atom is -0.395 e. The molecule has 0 radical (unpaired) electrons. The average Bonchev–Trinajstić information content (AvgIpc) is 2.34. The molecule has 0 amide bonds. The van der Waals surface area contributed by atoms with Crippen LogP contribution in [0, 0.1) is 0 Å². The van der Waals surface area contributed by atoms with Gasteiger partial charge >= 0.3 is 0 Å². The van der Waals surface area contributed by atoms with E-state index < -0.39 is 0 Å². The first-order chi connectivity index (χ1) is 8.26. The van der Waals surface area contributed by atoms with Gasteiger partial charge in [0.25, 0.3) is 0 Å². The quantitative estimate of drug-likeness (QED) is 0.408. The maximum Gasteiger partial charge on any atom is 0.172 e. The molecule has 104 valence electrons. The van der Waals surface area contributed by atoms with Gasteiger partial charge in [-0.3, -0.25) is 0 Å². The zero-order valence-electron chi connectivity index (χ0n) is 11.6. The Hall–Kier alpha value is -0.160. The summed E-state index contributed by atoms with van der Waals surface area (Å²) in [6.07, 6.45) is 4.15. The molecule has 4 heteroatoms. The Balaban J connectivity index is 3.89. The van der Waals surface area contributed by atoms with Gasteiger partial charge in [-0.1, -0.05) is 26.7 Å². The monoisotopic (exact) mass is 247 g/mol. The Kier molecular flexibility index (Phi) is 12.2. The molecule has 0 aromatic heterocycles. The Bertz CT molecular complexity index is 146. The first-order valence-electron chi connectivity index (χ1n) is 6.83. The summed E-state index contributed by atoms with van der Waals surface area (Å²) in [7, 11) is 0. The number of hydrogen-bond donors (Lipinski definition) is 2. The molecule has 0 bridgehead atoms. The topological polar surface area (TPSA) is 50.7 Å². The van der Waals surface area contributed by atoms with Gasteiger partial charge in [-0.05, 0) is 19.8 Å². The minimum atomic E-state index is -0.209. The molecule has 0 fully saturated rings. The first-order valence-corrected chi connectivity index (χ1v) is 6.83. The summed E-state index contributed by atoms with van der Waals surface area (Å²) < 4.78 is 11.4. The molecule has 0 aliphatic carbocycles. The zero-order valence-corrected chi connectivity index (χ0v) is 11.6. The van der Waals surface area contributed by atoms with E-state index in [9.17, 15) is 0 Å². The van der Waals surface area contributed by atoms with Crippen molar-refractivity contribution in [3.63, 3.8) is 0 Å². The Labute approximate surface area is 106 Å². The van der Waals surface area contributed by atoms with Gasteiger partial charge in [-0.2, -0.15) is 0 Å². The Morgan fingerprint density at radius 1 is 1.06 bits per heavy atom. The van der Waals surface area contributed by atoms with Gasteiger partial charge in [-0.15, -0.1) is 0 Å². The number of ether oxygens (including phenoxy) is 2. The van der Waals surface area contributed by atoms with E-state index in [0.29, 0.717) is 6.54 Å². The Morgan fingerprint density at radius 2 is 1.59 bits per heavy atom. The van der Waals surface area contributed by atoms with Gasteiger partial charge in [0.15, 0.2) is 6.29 Å². The lowest BCUT2D eigenvalue weighted by molar-refractivity contribution is -0.158. The number of nitrogens with one attached hydrogen (secondary N) is 1. The van der Waals surface area contributed by atoms with Crippen LogP contribution in [0.2, 0.25) is 0 Å². The predicted molar refractivity (Wildman–Crippen MR) is 70.1 cm³/mol. The van der Waals surface area contributed by atoms with Crippen LogP contribution in [-0.4, -0.2) is 43.8 Å². The number of aliphatic hydroxyl groups excluding tert-OH is 1. The highest BCUT2D eigenvalue weighted by atomic mass is 16.7. The van der Waals surface area contributed by atoms with E-state index in [4.69, 9.17) is 14.6 Å². The van der Waals surface area contributed by atoms with Crippen molar-refractivity contribution in [2.24, 2.45) is 0 Å². The van der Waals surface area contributed by atoms with Gasteiger partial charge in [0, 0.05) is 19.8 Å². The molecule has 0 saturated heterocycles. The molecule has 0 saturated carbocycles. The number of unbranched alkanes of at least 4 members (excludes halogenated alkanes) is 2. The van der Waals surface area contributed by atoms with E-state index in [2.05, 4.69) is 19.2 Å². The van der Waals surface area contributed by atoms with Crippen LogP contribution in [0.25, 0.3) is 0 Å². The molecule has 1 unspecified atom stereocenters. The summed E-state index contributed by atoms with van der Waals surface area (Å²) >= 11 is 0. The average molecular weight is 247 g/mol. The Morgan fingerprint density at radius 3 is 2.00 bits per heavy atom. The van der Waals surface area contributed by atoms with Crippen molar-refractivity contribution in [2.45, 2.75) is 58.8 Å². The summed E-state index contributed by atoms with van der Waals surface area (Å²) in [6.45, 7) is 8.50. The van der Waals surface area contributed by atoms with Crippen LogP contribution in [-0.2, 0) is 9.47 Å². The van der Waals surface area contributed by atoms with Crippen LogP contribution < -0.4 is 5.32 Å². The van der Waals surface area contributed by atoms with E-state index >= 15 is 0 Å². The predicted octanol–water partition coefficient (Wildman–Crippen LogP) is 1.92. The molecular formula is C13H29NO3. The fraction of sp³-hybridized carbons (Fsp3) is 1.00. The van der Waals surface area contributed by atoms with E-state index in [1.54, 1.807) is 0 Å². The lowest BCUT2D eigenvalue weighted by atomic mass is 10.3. The van der Waals surface area contributed by atoms with E-state index in [1.807, 2.05) is 6.92 Å². The second-order valence-electron chi connectivity index (χ2n) is 4.28. The molecule has 2 N–H and O–H groups in total. The first kappa shape index (κ1) is 16.8. The summed E-state index contributed by atoms with van der Waals surface area (Å²) in [5.41, 5.74) is 0. The highest BCUT2D eigenvalue weighted by Gasteiger charge is 2.17. The van der Waals surface area contributed by atoms with Crippen LogP contribution in [0.5, 0.6) is 0 Å². The van der Waals surface area contributed by atoms with Crippen LogP contribution in [0.15, 0.2) is 0 Å². The van der Waals surface area contributed by atoms with Gasteiger partial charge in [0.2, 0.25) is 0 Å². The van der Waals surface area contributed by atoms with Crippen molar-refractivity contribution in [1.29, 1.82) is 0 Å². The summed E-state index contributed by atoms with van der Waals surface area (Å²) in [6, 6.07) is 0.107. The van der Waals surface area contributed by atoms with Gasteiger partial charge in [-0.25, -0.2) is 0 Å². The molecule has 0 spiro atoms. The molecule has 0 aliphatic rings. The van der Waals surface area contributed by atoms with Gasteiger partial charge in [0.1, 0.15) is 0 Å². The molecule has 0 heterocycles. The van der Waals surface area contributed by atoms with Gasteiger partial charge < -0.3 is 19.9 Å². The zero-order chi connectivity index (χ0) is 12.9. The molecule has 0 aromatic carbocycles. The summed E-state index contributed by atoms with van der Waals surface area (Å²) in [4.78, 5) is 0. The lowest BCUT2D eigenvalue weighted by Crippen LogP contribution is -2.42. The van der Waals surface area contributed by atoms with Crippen LogP contribution in [0.4, 0.5) is 0 Å². The smallest absolute Gasteiger partial charge is 0.172 e. The fourth-order valence-electron chi connectivity index (χ4n) is 1.41. The van der Waals surface area contributed by atoms with E-state index in [1.165, 1.54) is 0 Å². The molecule has 0 rings (SSSR count). The molecule has 17 heavy (non-hydrogen) atoms. The third-order valence-corrected chi connectivity index (χ3v) is 2.55. The molecule has 0 aliphatic heterocycles. The molecule has 1 atom stereocenters. The maximum atomic E-state index is 8.78. The maximum absolute atomic E-state index is 8.78. The van der Waals surface area contributed by atoms with Crippen molar-refractivity contribution < 1.29 is 14.6 Å². The van der Waals surface area contributed by atoms with Crippen molar-refractivity contribution in [3.8, 4) is 0 Å². The summed E-state index contributed by atoms with van der Waals surface area (Å²) in [5, 5.41) is 12.0. The lowest BCUT2D eigenvalue weighted by Gasteiger charge is -2.25. The second kappa shape index (κ2) is 12.3. The van der Waals surface area contributed by atoms with Crippen molar-refractivity contribution >= 4 is 0 Å². The van der Waals surface area contributed by atoms with Crippen molar-refractivity contribution in [2.75, 3.05) is 26.4 Å². The number of aliphatic hydroxyl groups is 1. The highest BCUT2D eigenvalue weighted by molar-refractivity contribution is 4.65. The third kappa shape index (κ3) is 9.53. The minimum absolute atomic E-state index is 0.107. The van der Waals surface area contributed by atoms with Crippen LogP contribution >= 0.6 is 0 Å². The van der Waals surface area contributed by atoms with Crippen LogP contribution in [0.1, 0.15) is 46.5 Å². The SMILES string of the molecule is CCCCOC(OCCCC)C(C)NCCO.